The van der Waals surface area contributed by atoms with Gasteiger partial charge in [0.25, 0.3) is 0 Å². The molecule has 4 nitrogen and oxygen atoms in total. The predicted octanol–water partition coefficient (Wildman–Crippen LogP) is 3.03. The number of carboxylic acid groups (broad SMARTS) is 1. The lowest BCUT2D eigenvalue weighted by atomic mass is 10.1. The van der Waals surface area contributed by atoms with Crippen molar-refractivity contribution in [2.45, 2.75) is 33.1 Å². The molecular formula is C12H17BrO4. The van der Waals surface area contributed by atoms with E-state index in [4.69, 9.17) is 9.84 Å². The fourth-order valence-electron chi connectivity index (χ4n) is 1.08. The van der Waals surface area contributed by atoms with E-state index in [1.165, 1.54) is 6.08 Å². The lowest BCUT2D eigenvalue weighted by molar-refractivity contribution is -0.142. The van der Waals surface area contributed by atoms with Crippen molar-refractivity contribution >= 4 is 27.9 Å². The number of halogens is 1. The summed E-state index contributed by atoms with van der Waals surface area (Å²) in [7, 11) is 0. The largest absolute Gasteiger partial charge is 0.481 e. The molecule has 0 aromatic rings. The maximum Gasteiger partial charge on any atom is 0.334 e. The first-order chi connectivity index (χ1) is 8.01. The third-order valence-electron chi connectivity index (χ3n) is 1.82. The van der Waals surface area contributed by atoms with E-state index >= 15 is 0 Å². The van der Waals surface area contributed by atoms with Crippen molar-refractivity contribution in [3.63, 3.8) is 0 Å². The molecule has 0 bridgehead atoms. The van der Waals surface area contributed by atoms with Crippen molar-refractivity contribution in [2.75, 3.05) is 6.61 Å². The van der Waals surface area contributed by atoms with E-state index in [0.29, 0.717) is 4.48 Å². The van der Waals surface area contributed by atoms with Gasteiger partial charge in [-0.1, -0.05) is 35.4 Å². The summed E-state index contributed by atoms with van der Waals surface area (Å²) in [5.41, 5.74) is 0.138. The highest BCUT2D eigenvalue weighted by molar-refractivity contribution is 9.11. The molecule has 0 saturated carbocycles. The van der Waals surface area contributed by atoms with Gasteiger partial charge in [-0.25, -0.2) is 4.79 Å². The number of ether oxygens (including phenoxy) is 1. The Morgan fingerprint density at radius 1 is 1.35 bits per heavy atom. The number of allylic oxidation sites excluding steroid dienone is 3. The average Bonchev–Trinajstić information content (AvgIpc) is 2.25. The van der Waals surface area contributed by atoms with E-state index in [-0.39, 0.29) is 18.6 Å². The van der Waals surface area contributed by atoms with Crippen LogP contribution in [0, 0.1) is 0 Å². The molecule has 17 heavy (non-hydrogen) atoms. The van der Waals surface area contributed by atoms with Crippen LogP contribution < -0.4 is 0 Å². The minimum atomic E-state index is -1.06. The van der Waals surface area contributed by atoms with Crippen LogP contribution in [0.25, 0.3) is 0 Å². The molecule has 1 N–H and O–H groups in total. The lowest BCUT2D eigenvalue weighted by Gasteiger charge is -2.04. The van der Waals surface area contributed by atoms with Crippen LogP contribution in [0.15, 0.2) is 22.2 Å². The zero-order chi connectivity index (χ0) is 13.3. The number of hydrogen-bond acceptors (Lipinski definition) is 3. The Morgan fingerprint density at radius 2 is 2.00 bits per heavy atom. The van der Waals surface area contributed by atoms with Gasteiger partial charge in [0.2, 0.25) is 0 Å². The molecule has 0 rings (SSSR count). The van der Waals surface area contributed by atoms with Gasteiger partial charge < -0.3 is 9.84 Å². The molecule has 0 aliphatic carbocycles. The smallest absolute Gasteiger partial charge is 0.334 e. The number of rotatable bonds is 7. The zero-order valence-electron chi connectivity index (χ0n) is 10.0. The number of esters is 1. The van der Waals surface area contributed by atoms with Crippen LogP contribution in [-0.4, -0.2) is 23.7 Å². The topological polar surface area (TPSA) is 63.6 Å². The fourth-order valence-corrected chi connectivity index (χ4v) is 1.58. The summed E-state index contributed by atoms with van der Waals surface area (Å²) in [6.45, 7) is 3.94. The van der Waals surface area contributed by atoms with E-state index < -0.39 is 11.9 Å². The minimum Gasteiger partial charge on any atom is -0.481 e. The maximum absolute atomic E-state index is 11.5. The number of carbonyl (C=O) groups is 2. The highest BCUT2D eigenvalue weighted by atomic mass is 79.9. The monoisotopic (exact) mass is 304 g/mol. The van der Waals surface area contributed by atoms with E-state index in [9.17, 15) is 9.59 Å². The van der Waals surface area contributed by atoms with Gasteiger partial charge in [0.1, 0.15) is 0 Å². The van der Waals surface area contributed by atoms with Crippen molar-refractivity contribution in [1.82, 2.24) is 0 Å². The van der Waals surface area contributed by atoms with Crippen LogP contribution in [0.4, 0.5) is 0 Å². The molecule has 0 spiro atoms. The predicted molar refractivity (Wildman–Crippen MR) is 68.9 cm³/mol. The zero-order valence-corrected chi connectivity index (χ0v) is 11.6. The first-order valence-electron chi connectivity index (χ1n) is 5.46. The Morgan fingerprint density at radius 3 is 2.47 bits per heavy atom. The van der Waals surface area contributed by atoms with Gasteiger partial charge in [-0.05, 0) is 19.4 Å². The van der Waals surface area contributed by atoms with Gasteiger partial charge in [0.15, 0.2) is 0 Å². The molecule has 0 aromatic heterocycles. The van der Waals surface area contributed by atoms with E-state index in [1.807, 2.05) is 13.0 Å². The first kappa shape index (κ1) is 15.9. The van der Waals surface area contributed by atoms with Crippen LogP contribution in [0.5, 0.6) is 0 Å². The SMILES string of the molecule is CCC/C=C(Br)/C=C(\CC(=O)O)C(=O)OCC. The van der Waals surface area contributed by atoms with Gasteiger partial charge in [0, 0.05) is 10.1 Å². The standard InChI is InChI=1S/C12H17BrO4/c1-3-5-6-10(13)7-9(8-11(14)15)12(16)17-4-2/h6-7H,3-5,8H2,1-2H3,(H,14,15)/b9-7+,10-6-. The van der Waals surface area contributed by atoms with E-state index in [1.54, 1.807) is 6.92 Å². The van der Waals surface area contributed by atoms with E-state index in [0.717, 1.165) is 12.8 Å². The number of unbranched alkanes of at least 4 members (excludes halogenated alkanes) is 1. The first-order valence-corrected chi connectivity index (χ1v) is 6.25. The highest BCUT2D eigenvalue weighted by Crippen LogP contribution is 2.15. The highest BCUT2D eigenvalue weighted by Gasteiger charge is 2.14. The summed E-state index contributed by atoms with van der Waals surface area (Å²) in [4.78, 5) is 22.1. The molecule has 0 aliphatic heterocycles. The molecule has 0 aliphatic rings. The Labute approximate surface area is 109 Å². The second-order valence-electron chi connectivity index (χ2n) is 3.34. The Hall–Kier alpha value is -1.10. The molecule has 0 unspecified atom stereocenters. The molecule has 96 valence electrons. The Balaban J connectivity index is 4.83. The Bertz CT molecular complexity index is 331. The van der Waals surface area contributed by atoms with Crippen molar-refractivity contribution in [3.8, 4) is 0 Å². The van der Waals surface area contributed by atoms with Gasteiger partial charge in [-0.3, -0.25) is 4.79 Å². The quantitative estimate of drug-likeness (QED) is 0.446. The molecule has 0 aromatic carbocycles. The molecule has 0 atom stereocenters. The second-order valence-corrected chi connectivity index (χ2v) is 4.25. The summed E-state index contributed by atoms with van der Waals surface area (Å²) in [6.07, 6.45) is 4.90. The third-order valence-corrected chi connectivity index (χ3v) is 2.37. The van der Waals surface area contributed by atoms with Gasteiger partial charge in [-0.2, -0.15) is 0 Å². The van der Waals surface area contributed by atoms with Gasteiger partial charge >= 0.3 is 11.9 Å². The second kappa shape index (κ2) is 8.98. The van der Waals surface area contributed by atoms with Crippen LogP contribution in [0.1, 0.15) is 33.1 Å². The molecule has 0 saturated heterocycles. The van der Waals surface area contributed by atoms with Crippen LogP contribution in [-0.2, 0) is 14.3 Å². The fraction of sp³-hybridized carbons (Fsp3) is 0.500. The number of hydrogen-bond donors (Lipinski definition) is 1. The number of carbonyl (C=O) groups excluding carboxylic acids is 1. The van der Waals surface area contributed by atoms with Crippen molar-refractivity contribution < 1.29 is 19.4 Å². The summed E-state index contributed by atoms with van der Waals surface area (Å²) in [5.74, 6) is -1.64. The molecule has 0 heterocycles. The van der Waals surface area contributed by atoms with Crippen molar-refractivity contribution in [1.29, 1.82) is 0 Å². The van der Waals surface area contributed by atoms with Crippen LogP contribution in [0.3, 0.4) is 0 Å². The average molecular weight is 305 g/mol. The normalized spacial score (nSPS) is 12.4. The third kappa shape index (κ3) is 7.74. The molecule has 5 heteroatoms. The summed E-state index contributed by atoms with van der Waals surface area (Å²) < 4.78 is 5.49. The van der Waals surface area contributed by atoms with Crippen molar-refractivity contribution in [2.24, 2.45) is 0 Å². The summed E-state index contributed by atoms with van der Waals surface area (Å²) in [6, 6.07) is 0. The molecule has 0 fully saturated rings. The summed E-state index contributed by atoms with van der Waals surface area (Å²) >= 11 is 3.27. The van der Waals surface area contributed by atoms with Gasteiger partial charge in [-0.15, -0.1) is 0 Å². The summed E-state index contributed by atoms with van der Waals surface area (Å²) in [5, 5.41) is 8.71. The maximum atomic E-state index is 11.5. The lowest BCUT2D eigenvalue weighted by Crippen LogP contribution is -2.11. The molecule has 0 radical (unpaired) electrons. The molecule has 0 amide bonds. The van der Waals surface area contributed by atoms with Crippen molar-refractivity contribution in [3.05, 3.63) is 22.2 Å². The van der Waals surface area contributed by atoms with E-state index in [2.05, 4.69) is 15.9 Å². The minimum absolute atomic E-state index is 0.138. The Kier molecular flexibility index (Phi) is 8.40. The van der Waals surface area contributed by atoms with Gasteiger partial charge in [0.05, 0.1) is 13.0 Å². The number of aliphatic carboxylic acids is 1. The van der Waals surface area contributed by atoms with Crippen LogP contribution in [0.2, 0.25) is 0 Å². The number of carboxylic acids is 1. The molecular weight excluding hydrogens is 288 g/mol. The van der Waals surface area contributed by atoms with Crippen LogP contribution >= 0.6 is 15.9 Å².